The predicted octanol–water partition coefficient (Wildman–Crippen LogP) is 2.77. The van der Waals surface area contributed by atoms with Crippen LogP contribution in [0.3, 0.4) is 0 Å². The van der Waals surface area contributed by atoms with Crippen molar-refractivity contribution in [2.45, 2.75) is 24.7 Å². The van der Waals surface area contributed by atoms with Crippen LogP contribution in [-0.4, -0.2) is 37.3 Å². The van der Waals surface area contributed by atoms with Gasteiger partial charge in [-0.1, -0.05) is 24.3 Å². The Morgan fingerprint density at radius 1 is 1.19 bits per heavy atom. The minimum absolute atomic E-state index is 0.351. The zero-order valence-corrected chi connectivity index (χ0v) is 15.5. The Morgan fingerprint density at radius 2 is 1.88 bits per heavy atom. The molecule has 0 unspecified atom stereocenters. The molecule has 1 saturated heterocycles. The molecule has 1 fully saturated rings. The lowest BCUT2D eigenvalue weighted by atomic mass is 9.98. The Morgan fingerprint density at radius 3 is 2.54 bits per heavy atom. The Kier molecular flexibility index (Phi) is 5.55. The number of benzene rings is 1. The summed E-state index contributed by atoms with van der Waals surface area (Å²) in [4.78, 5) is 4.64. The highest BCUT2D eigenvalue weighted by atomic mass is 32.2. The van der Waals surface area contributed by atoms with E-state index in [1.165, 1.54) is 0 Å². The van der Waals surface area contributed by atoms with E-state index in [1.807, 2.05) is 25.1 Å². The van der Waals surface area contributed by atoms with Crippen LogP contribution in [0.1, 0.15) is 24.1 Å². The van der Waals surface area contributed by atoms with Gasteiger partial charge in [0.05, 0.1) is 4.90 Å². The van der Waals surface area contributed by atoms with Gasteiger partial charge in [-0.3, -0.25) is 0 Å². The first-order chi connectivity index (χ1) is 12.5. The Hall–Kier alpha value is -2.43. The summed E-state index contributed by atoms with van der Waals surface area (Å²) in [6.07, 6.45) is 1.60. The lowest BCUT2D eigenvalue weighted by molar-refractivity contribution is 0.282. The summed E-state index contributed by atoms with van der Waals surface area (Å²) in [6, 6.07) is 14.4. The van der Waals surface area contributed by atoms with Gasteiger partial charge in [-0.2, -0.15) is 9.57 Å². The summed E-state index contributed by atoms with van der Waals surface area (Å²) >= 11 is 0. The molecular formula is C19H22N4O2S. The van der Waals surface area contributed by atoms with E-state index < -0.39 is 10.0 Å². The molecule has 0 aliphatic carbocycles. The highest BCUT2D eigenvalue weighted by molar-refractivity contribution is 7.89. The summed E-state index contributed by atoms with van der Waals surface area (Å²) < 4.78 is 26.9. The van der Waals surface area contributed by atoms with E-state index in [0.29, 0.717) is 35.4 Å². The minimum atomic E-state index is -3.40. The van der Waals surface area contributed by atoms with Crippen LogP contribution in [0.5, 0.6) is 0 Å². The number of nitrogens with zero attached hydrogens (tertiary/aromatic N) is 3. The third-order valence-electron chi connectivity index (χ3n) is 4.73. The molecule has 2 heterocycles. The molecule has 0 amide bonds. The Balaban J connectivity index is 1.55. The lowest BCUT2D eigenvalue weighted by Gasteiger charge is -2.31. The highest BCUT2D eigenvalue weighted by Crippen LogP contribution is 2.24. The summed E-state index contributed by atoms with van der Waals surface area (Å²) in [5, 5.41) is 12.3. The van der Waals surface area contributed by atoms with Gasteiger partial charge in [0.25, 0.3) is 0 Å². The van der Waals surface area contributed by atoms with E-state index in [0.717, 1.165) is 24.9 Å². The number of nitrogens with one attached hydrogen (secondary N) is 1. The average Bonchev–Trinajstić information content (AvgIpc) is 2.68. The molecule has 3 rings (SSSR count). The van der Waals surface area contributed by atoms with Gasteiger partial charge in [0, 0.05) is 19.6 Å². The van der Waals surface area contributed by atoms with Gasteiger partial charge in [0.15, 0.2) is 0 Å². The normalized spacial score (nSPS) is 16.2. The second kappa shape index (κ2) is 7.85. The number of piperidine rings is 1. The number of sulfonamides is 1. The zero-order valence-electron chi connectivity index (χ0n) is 14.7. The van der Waals surface area contributed by atoms with Crippen molar-refractivity contribution in [3.63, 3.8) is 0 Å². The third kappa shape index (κ3) is 4.03. The van der Waals surface area contributed by atoms with Gasteiger partial charge in [0.2, 0.25) is 10.0 Å². The molecule has 2 aromatic rings. The molecule has 6 nitrogen and oxygen atoms in total. The van der Waals surface area contributed by atoms with Gasteiger partial charge in [0.1, 0.15) is 17.6 Å². The monoisotopic (exact) mass is 370 g/mol. The molecule has 0 bridgehead atoms. The van der Waals surface area contributed by atoms with Crippen molar-refractivity contribution >= 4 is 15.8 Å². The topological polar surface area (TPSA) is 86.1 Å². The van der Waals surface area contributed by atoms with Crippen LogP contribution in [0.2, 0.25) is 0 Å². The summed E-state index contributed by atoms with van der Waals surface area (Å²) in [5.41, 5.74) is 1.29. The standard InChI is InChI=1S/C19H22N4O2S/c1-15-7-8-19(22-18(15)13-20)21-14-16-9-11-23(12-10-16)26(24,25)17-5-3-2-4-6-17/h2-8,16H,9-12,14H2,1H3,(H,21,22). The van der Waals surface area contributed by atoms with Crippen molar-refractivity contribution < 1.29 is 8.42 Å². The summed E-state index contributed by atoms with van der Waals surface area (Å²) in [7, 11) is -3.40. The first kappa shape index (κ1) is 18.4. The Bertz CT molecular complexity index is 899. The van der Waals surface area contributed by atoms with Crippen molar-refractivity contribution in [1.29, 1.82) is 5.26 Å². The van der Waals surface area contributed by atoms with E-state index in [9.17, 15) is 8.42 Å². The van der Waals surface area contributed by atoms with E-state index in [4.69, 9.17) is 5.26 Å². The molecule has 1 N–H and O–H groups in total. The predicted molar refractivity (Wildman–Crippen MR) is 100 cm³/mol. The van der Waals surface area contributed by atoms with Crippen LogP contribution in [0.4, 0.5) is 5.82 Å². The minimum Gasteiger partial charge on any atom is -0.370 e. The molecule has 0 atom stereocenters. The largest absolute Gasteiger partial charge is 0.370 e. The van der Waals surface area contributed by atoms with Crippen LogP contribution in [0, 0.1) is 24.2 Å². The second-order valence-corrected chi connectivity index (χ2v) is 8.45. The van der Waals surface area contributed by atoms with E-state index in [-0.39, 0.29) is 0 Å². The maximum Gasteiger partial charge on any atom is 0.243 e. The lowest BCUT2D eigenvalue weighted by Crippen LogP contribution is -2.39. The molecule has 1 aromatic heterocycles. The maximum atomic E-state index is 12.6. The van der Waals surface area contributed by atoms with Crippen LogP contribution in [0.25, 0.3) is 0 Å². The van der Waals surface area contributed by atoms with Crippen molar-refractivity contribution in [1.82, 2.24) is 9.29 Å². The van der Waals surface area contributed by atoms with Gasteiger partial charge in [-0.25, -0.2) is 13.4 Å². The number of rotatable bonds is 5. The van der Waals surface area contributed by atoms with Crippen LogP contribution in [-0.2, 0) is 10.0 Å². The summed E-state index contributed by atoms with van der Waals surface area (Å²) in [6.45, 7) is 3.63. The number of hydrogen-bond acceptors (Lipinski definition) is 5. The molecule has 0 saturated carbocycles. The van der Waals surface area contributed by atoms with Crippen LogP contribution < -0.4 is 5.32 Å². The fraction of sp³-hybridized carbons (Fsp3) is 0.368. The molecule has 1 aromatic carbocycles. The number of anilines is 1. The number of aromatic nitrogens is 1. The van der Waals surface area contributed by atoms with Crippen molar-refractivity contribution in [3.05, 3.63) is 53.7 Å². The van der Waals surface area contributed by atoms with Crippen LogP contribution in [0.15, 0.2) is 47.4 Å². The molecule has 7 heteroatoms. The highest BCUT2D eigenvalue weighted by Gasteiger charge is 2.29. The van der Waals surface area contributed by atoms with Gasteiger partial charge >= 0.3 is 0 Å². The molecule has 1 aliphatic rings. The summed E-state index contributed by atoms with van der Waals surface area (Å²) in [5.74, 6) is 1.07. The van der Waals surface area contributed by atoms with E-state index >= 15 is 0 Å². The third-order valence-corrected chi connectivity index (χ3v) is 6.64. The van der Waals surface area contributed by atoms with Gasteiger partial charge < -0.3 is 5.32 Å². The smallest absolute Gasteiger partial charge is 0.243 e. The number of aryl methyl sites for hydroxylation is 1. The fourth-order valence-electron chi connectivity index (χ4n) is 3.08. The van der Waals surface area contributed by atoms with Crippen LogP contribution >= 0.6 is 0 Å². The molecule has 1 aliphatic heterocycles. The fourth-order valence-corrected chi connectivity index (χ4v) is 4.58. The number of nitriles is 1. The van der Waals surface area contributed by atoms with Crippen molar-refractivity contribution in [2.24, 2.45) is 5.92 Å². The van der Waals surface area contributed by atoms with Gasteiger partial charge in [-0.15, -0.1) is 0 Å². The number of hydrogen-bond donors (Lipinski definition) is 1. The SMILES string of the molecule is Cc1ccc(NCC2CCN(S(=O)(=O)c3ccccc3)CC2)nc1C#N. The molecule has 0 radical (unpaired) electrons. The maximum absolute atomic E-state index is 12.6. The molecule has 136 valence electrons. The van der Waals surface area contributed by atoms with E-state index in [1.54, 1.807) is 28.6 Å². The van der Waals surface area contributed by atoms with Gasteiger partial charge in [-0.05, 0) is 49.4 Å². The first-order valence-electron chi connectivity index (χ1n) is 8.67. The zero-order chi connectivity index (χ0) is 18.6. The van der Waals surface area contributed by atoms with E-state index in [2.05, 4.69) is 16.4 Å². The molecular weight excluding hydrogens is 348 g/mol. The quantitative estimate of drug-likeness (QED) is 0.875. The first-order valence-corrected chi connectivity index (χ1v) is 10.1. The Labute approximate surface area is 154 Å². The molecule has 0 spiro atoms. The second-order valence-electron chi connectivity index (χ2n) is 6.52. The molecule has 26 heavy (non-hydrogen) atoms. The number of pyridine rings is 1. The van der Waals surface area contributed by atoms with Crippen molar-refractivity contribution in [3.8, 4) is 6.07 Å². The van der Waals surface area contributed by atoms with Crippen molar-refractivity contribution in [2.75, 3.05) is 25.0 Å². The average molecular weight is 370 g/mol.